The number of aromatic nitrogens is 4. The maximum Gasteiger partial charge on any atom is 0.436 e. The minimum atomic E-state index is -4.75. The Morgan fingerprint density at radius 1 is 1.26 bits per heavy atom. The minimum absolute atomic E-state index is 0.193. The monoisotopic (exact) mass is 397 g/mol. The molecule has 0 atom stereocenters. The van der Waals surface area contributed by atoms with Gasteiger partial charge in [0.05, 0.1) is 6.54 Å². The van der Waals surface area contributed by atoms with Crippen LogP contribution in [0.25, 0.3) is 0 Å². The highest BCUT2D eigenvalue weighted by atomic mass is 35.5. The maximum atomic E-state index is 12.9. The Hall–Kier alpha value is -2.81. The molecule has 0 aliphatic rings. The van der Waals surface area contributed by atoms with Crippen molar-refractivity contribution >= 4 is 23.3 Å². The molecule has 142 valence electrons. The molecule has 0 fully saturated rings. The van der Waals surface area contributed by atoms with E-state index in [-0.39, 0.29) is 5.82 Å². The number of anilines is 1. The lowest BCUT2D eigenvalue weighted by molar-refractivity contribution is -0.141. The van der Waals surface area contributed by atoms with E-state index >= 15 is 0 Å². The average Bonchev–Trinajstić information content (AvgIpc) is 3.10. The molecule has 6 nitrogen and oxygen atoms in total. The normalized spacial score (nSPS) is 11.6. The van der Waals surface area contributed by atoms with E-state index in [1.165, 1.54) is 7.05 Å². The third-order valence-electron chi connectivity index (χ3n) is 3.78. The van der Waals surface area contributed by atoms with Gasteiger partial charge in [0.1, 0.15) is 10.7 Å². The lowest BCUT2D eigenvalue weighted by Crippen LogP contribution is -2.17. The van der Waals surface area contributed by atoms with Gasteiger partial charge in [-0.05, 0) is 12.5 Å². The fraction of sp³-hybridized carbons (Fsp3) is 0.235. The first-order valence-electron chi connectivity index (χ1n) is 7.85. The van der Waals surface area contributed by atoms with E-state index in [0.29, 0.717) is 6.54 Å². The first-order valence-corrected chi connectivity index (χ1v) is 8.23. The van der Waals surface area contributed by atoms with Crippen LogP contribution in [0.2, 0.25) is 5.02 Å². The molecule has 1 N–H and O–H groups in total. The third-order valence-corrected chi connectivity index (χ3v) is 4.14. The van der Waals surface area contributed by atoms with Gasteiger partial charge in [0.2, 0.25) is 0 Å². The van der Waals surface area contributed by atoms with E-state index in [4.69, 9.17) is 11.6 Å². The summed E-state index contributed by atoms with van der Waals surface area (Å²) in [4.78, 5) is 12.3. The molecule has 0 aliphatic heterocycles. The Bertz CT molecular complexity index is 993. The van der Waals surface area contributed by atoms with Gasteiger partial charge in [-0.15, -0.1) is 0 Å². The largest absolute Gasteiger partial charge is 0.436 e. The van der Waals surface area contributed by atoms with Gasteiger partial charge in [-0.25, -0.2) is 0 Å². The summed E-state index contributed by atoms with van der Waals surface area (Å²) >= 11 is 5.71. The number of aryl methyl sites for hydroxylation is 2. The van der Waals surface area contributed by atoms with Crippen LogP contribution in [0.15, 0.2) is 36.5 Å². The van der Waals surface area contributed by atoms with Crippen molar-refractivity contribution in [3.8, 4) is 0 Å². The smallest absolute Gasteiger partial charge is 0.304 e. The topological polar surface area (TPSA) is 64.7 Å². The molecule has 1 amide bonds. The number of nitrogens with one attached hydrogen (secondary N) is 1. The Labute approximate surface area is 157 Å². The molecule has 0 aliphatic carbocycles. The van der Waals surface area contributed by atoms with Crippen molar-refractivity contribution in [2.45, 2.75) is 19.6 Å². The lowest BCUT2D eigenvalue weighted by Gasteiger charge is -2.05. The van der Waals surface area contributed by atoms with Crippen molar-refractivity contribution in [3.63, 3.8) is 0 Å². The molecule has 0 saturated heterocycles. The van der Waals surface area contributed by atoms with E-state index < -0.39 is 28.5 Å². The van der Waals surface area contributed by atoms with E-state index in [2.05, 4.69) is 15.5 Å². The summed E-state index contributed by atoms with van der Waals surface area (Å²) < 4.78 is 41.0. The molecular formula is C17H15ClF3N5O. The molecule has 0 bridgehead atoms. The van der Waals surface area contributed by atoms with Gasteiger partial charge in [0, 0.05) is 19.3 Å². The highest BCUT2D eigenvalue weighted by Crippen LogP contribution is 2.35. The number of amides is 1. The van der Waals surface area contributed by atoms with Gasteiger partial charge in [0.15, 0.2) is 11.5 Å². The number of carbonyl (C=O) groups is 1. The average molecular weight is 398 g/mol. The van der Waals surface area contributed by atoms with Crippen LogP contribution in [0, 0.1) is 6.92 Å². The van der Waals surface area contributed by atoms with Crippen molar-refractivity contribution < 1.29 is 18.0 Å². The molecule has 0 unspecified atom stereocenters. The van der Waals surface area contributed by atoms with Crippen LogP contribution < -0.4 is 5.32 Å². The Morgan fingerprint density at radius 2 is 2.00 bits per heavy atom. The van der Waals surface area contributed by atoms with Gasteiger partial charge in [0.25, 0.3) is 5.91 Å². The number of halogens is 4. The predicted molar refractivity (Wildman–Crippen MR) is 93.7 cm³/mol. The third kappa shape index (κ3) is 4.13. The Balaban J connectivity index is 1.76. The first-order chi connectivity index (χ1) is 12.6. The van der Waals surface area contributed by atoms with Crippen molar-refractivity contribution in [1.29, 1.82) is 0 Å². The van der Waals surface area contributed by atoms with Crippen LogP contribution in [0.4, 0.5) is 19.0 Å². The van der Waals surface area contributed by atoms with Gasteiger partial charge in [-0.2, -0.15) is 23.4 Å². The molecule has 10 heteroatoms. The van der Waals surface area contributed by atoms with E-state index in [0.717, 1.165) is 15.8 Å². The van der Waals surface area contributed by atoms with Crippen LogP contribution >= 0.6 is 11.6 Å². The molecule has 3 rings (SSSR count). The standard InChI is InChI=1S/C17H15ClF3N5O/c1-10-4-3-5-11(8-10)9-26-7-6-12(23-26)22-16(27)14-13(18)15(17(19,20)21)24-25(14)2/h3-8H,9H2,1-2H3,(H,22,23,27). The van der Waals surface area contributed by atoms with Crippen LogP contribution in [-0.2, 0) is 19.8 Å². The van der Waals surface area contributed by atoms with Crippen LogP contribution in [-0.4, -0.2) is 25.5 Å². The number of hydrogen-bond acceptors (Lipinski definition) is 3. The summed E-state index contributed by atoms with van der Waals surface area (Å²) in [7, 11) is 1.21. The SMILES string of the molecule is Cc1cccc(Cn2ccc(NC(=O)c3c(Cl)c(C(F)(F)F)nn3C)n2)c1. The van der Waals surface area contributed by atoms with Crippen molar-refractivity contribution in [3.05, 3.63) is 64.1 Å². The van der Waals surface area contributed by atoms with Crippen LogP contribution in [0.3, 0.4) is 0 Å². The molecule has 3 aromatic rings. The highest BCUT2D eigenvalue weighted by Gasteiger charge is 2.39. The summed E-state index contributed by atoms with van der Waals surface area (Å²) in [5.41, 5.74) is 0.444. The zero-order valence-corrected chi connectivity index (χ0v) is 15.1. The minimum Gasteiger partial charge on any atom is -0.304 e. The summed E-state index contributed by atoms with van der Waals surface area (Å²) in [6.45, 7) is 2.47. The summed E-state index contributed by atoms with van der Waals surface area (Å²) in [5, 5.41) is 9.18. The zero-order valence-electron chi connectivity index (χ0n) is 14.4. The number of rotatable bonds is 4. The first kappa shape index (κ1) is 19.0. The molecule has 2 aromatic heterocycles. The Kier molecular flexibility index (Phi) is 4.97. The molecule has 0 radical (unpaired) electrons. The number of hydrogen-bond donors (Lipinski definition) is 1. The number of alkyl halides is 3. The number of benzene rings is 1. The van der Waals surface area contributed by atoms with Gasteiger partial charge in [-0.3, -0.25) is 14.2 Å². The molecule has 1 aromatic carbocycles. The second kappa shape index (κ2) is 7.07. The van der Waals surface area contributed by atoms with Gasteiger partial charge in [-0.1, -0.05) is 41.4 Å². The van der Waals surface area contributed by atoms with Crippen molar-refractivity contribution in [2.75, 3.05) is 5.32 Å². The summed E-state index contributed by atoms with van der Waals surface area (Å²) in [6.07, 6.45) is -3.09. The molecule has 27 heavy (non-hydrogen) atoms. The maximum absolute atomic E-state index is 12.9. The fourth-order valence-electron chi connectivity index (χ4n) is 2.62. The fourth-order valence-corrected chi connectivity index (χ4v) is 2.97. The second-order valence-electron chi connectivity index (χ2n) is 5.97. The molecule has 0 saturated carbocycles. The van der Waals surface area contributed by atoms with Gasteiger partial charge < -0.3 is 5.32 Å². The van der Waals surface area contributed by atoms with Crippen LogP contribution in [0.1, 0.15) is 27.3 Å². The zero-order chi connectivity index (χ0) is 19.8. The predicted octanol–water partition coefficient (Wildman–Crippen LogP) is 3.90. The molecule has 0 spiro atoms. The Morgan fingerprint density at radius 3 is 2.63 bits per heavy atom. The van der Waals surface area contributed by atoms with E-state index in [1.807, 2.05) is 31.2 Å². The second-order valence-corrected chi connectivity index (χ2v) is 6.35. The number of nitrogens with zero attached hydrogens (tertiary/aromatic N) is 4. The van der Waals surface area contributed by atoms with E-state index in [9.17, 15) is 18.0 Å². The lowest BCUT2D eigenvalue weighted by atomic mass is 10.1. The summed E-state index contributed by atoms with van der Waals surface area (Å²) in [6, 6.07) is 9.40. The summed E-state index contributed by atoms with van der Waals surface area (Å²) in [5.74, 6) is -0.634. The van der Waals surface area contributed by atoms with Gasteiger partial charge >= 0.3 is 6.18 Å². The van der Waals surface area contributed by atoms with Crippen molar-refractivity contribution in [1.82, 2.24) is 19.6 Å². The highest BCUT2D eigenvalue weighted by molar-refractivity contribution is 6.34. The van der Waals surface area contributed by atoms with Crippen LogP contribution in [0.5, 0.6) is 0 Å². The molecular weight excluding hydrogens is 383 g/mol. The van der Waals surface area contributed by atoms with E-state index in [1.54, 1.807) is 16.9 Å². The van der Waals surface area contributed by atoms with Crippen molar-refractivity contribution in [2.24, 2.45) is 7.05 Å². The number of carbonyl (C=O) groups excluding carboxylic acids is 1. The quantitative estimate of drug-likeness (QED) is 0.726. The molecule has 2 heterocycles.